The van der Waals surface area contributed by atoms with Crippen LogP contribution in [0.25, 0.3) is 0 Å². The Kier molecular flexibility index (Phi) is 54.5. The third-order valence-corrected chi connectivity index (χ3v) is 13.7. The van der Waals surface area contributed by atoms with E-state index in [4.69, 9.17) is 4.74 Å². The van der Waals surface area contributed by atoms with Crippen molar-refractivity contribution >= 4 is 11.9 Å². The standard InChI is InChI=1S/C60H115NO5/c1-3-5-7-9-11-13-15-17-19-21-22-23-24-25-27-28-30-32-36-40-44-48-52-58(63)57(56-62)61-59(64)53-49-45-41-37-34-35-39-43-47-51-55-66-60(65)54-50-46-42-38-33-31-29-26-20-18-16-14-12-10-8-6-4-2/h35,39,48,52,57-58,62-63H,3-34,36-38,40-47,49-51,53-56H2,1-2H3,(H,61,64)/b39-35-,52-48+. The fourth-order valence-corrected chi connectivity index (χ4v) is 9.16. The highest BCUT2D eigenvalue weighted by atomic mass is 16.5. The van der Waals surface area contributed by atoms with Gasteiger partial charge >= 0.3 is 5.97 Å². The van der Waals surface area contributed by atoms with Crippen LogP contribution in [0.15, 0.2) is 24.3 Å². The molecule has 0 aromatic rings. The van der Waals surface area contributed by atoms with Crippen molar-refractivity contribution in [3.05, 3.63) is 24.3 Å². The summed E-state index contributed by atoms with van der Waals surface area (Å²) in [4.78, 5) is 24.5. The van der Waals surface area contributed by atoms with Crippen LogP contribution >= 0.6 is 0 Å². The molecule has 0 spiro atoms. The van der Waals surface area contributed by atoms with Gasteiger partial charge in [0.15, 0.2) is 0 Å². The molecule has 0 aliphatic heterocycles. The summed E-state index contributed by atoms with van der Waals surface area (Å²) in [5.74, 6) is -0.134. The fourth-order valence-electron chi connectivity index (χ4n) is 9.16. The van der Waals surface area contributed by atoms with Gasteiger partial charge in [-0.2, -0.15) is 0 Å². The van der Waals surface area contributed by atoms with E-state index in [1.807, 2.05) is 6.08 Å². The first-order valence-corrected chi connectivity index (χ1v) is 29.6. The van der Waals surface area contributed by atoms with Gasteiger partial charge < -0.3 is 20.3 Å². The highest BCUT2D eigenvalue weighted by Gasteiger charge is 2.18. The molecule has 0 rings (SSSR count). The summed E-state index contributed by atoms with van der Waals surface area (Å²) in [7, 11) is 0. The average molecular weight is 931 g/mol. The molecule has 0 saturated carbocycles. The Morgan fingerprint density at radius 2 is 0.712 bits per heavy atom. The van der Waals surface area contributed by atoms with E-state index in [2.05, 4.69) is 31.3 Å². The Hall–Kier alpha value is -1.66. The zero-order chi connectivity index (χ0) is 47.9. The number of aliphatic hydroxyl groups is 2. The van der Waals surface area contributed by atoms with Crippen LogP contribution in [0.3, 0.4) is 0 Å². The molecule has 3 N–H and O–H groups in total. The molecule has 0 fully saturated rings. The predicted octanol–water partition coefficient (Wildman–Crippen LogP) is 18.2. The van der Waals surface area contributed by atoms with Crippen LogP contribution in [-0.4, -0.2) is 47.4 Å². The number of carbonyl (C=O) groups is 2. The molecule has 6 nitrogen and oxygen atoms in total. The predicted molar refractivity (Wildman–Crippen MR) is 287 cm³/mol. The Bertz CT molecular complexity index is 1030. The van der Waals surface area contributed by atoms with E-state index in [-0.39, 0.29) is 18.5 Å². The van der Waals surface area contributed by atoms with Crippen LogP contribution < -0.4 is 5.32 Å². The number of amides is 1. The van der Waals surface area contributed by atoms with Crippen LogP contribution in [0.4, 0.5) is 0 Å². The molecular weight excluding hydrogens is 815 g/mol. The number of ether oxygens (including phenoxy) is 1. The van der Waals surface area contributed by atoms with Gasteiger partial charge in [0.05, 0.1) is 25.4 Å². The van der Waals surface area contributed by atoms with Gasteiger partial charge in [0, 0.05) is 12.8 Å². The van der Waals surface area contributed by atoms with E-state index in [1.165, 1.54) is 218 Å². The summed E-state index contributed by atoms with van der Waals surface area (Å²) < 4.78 is 5.45. The lowest BCUT2D eigenvalue weighted by Crippen LogP contribution is -2.45. The van der Waals surface area contributed by atoms with Crippen LogP contribution in [0.5, 0.6) is 0 Å². The second kappa shape index (κ2) is 55.9. The SMILES string of the molecule is CCCCCCCCCCCCCCCCCCCCCC/C=C/C(O)C(CO)NC(=O)CCCCCC/C=C\CCCCOC(=O)CCCCCCCCCCCCCCCCCCC. The first-order valence-electron chi connectivity index (χ1n) is 29.6. The molecule has 0 aromatic carbocycles. The highest BCUT2D eigenvalue weighted by molar-refractivity contribution is 5.76. The van der Waals surface area contributed by atoms with Crippen molar-refractivity contribution in [3.63, 3.8) is 0 Å². The summed E-state index contributed by atoms with van der Waals surface area (Å²) >= 11 is 0. The molecule has 0 aliphatic carbocycles. The Morgan fingerprint density at radius 3 is 1.08 bits per heavy atom. The van der Waals surface area contributed by atoms with E-state index in [9.17, 15) is 19.8 Å². The molecule has 1 amide bonds. The smallest absolute Gasteiger partial charge is 0.305 e. The summed E-state index contributed by atoms with van der Waals surface area (Å²) in [6.07, 6.45) is 67.8. The van der Waals surface area contributed by atoms with Gasteiger partial charge in [-0.3, -0.25) is 9.59 Å². The van der Waals surface area contributed by atoms with Crippen molar-refractivity contribution in [2.75, 3.05) is 13.2 Å². The normalized spacial score (nSPS) is 12.7. The van der Waals surface area contributed by atoms with Crippen molar-refractivity contribution < 1.29 is 24.5 Å². The van der Waals surface area contributed by atoms with Gasteiger partial charge in [-0.15, -0.1) is 0 Å². The maximum absolute atomic E-state index is 12.5. The summed E-state index contributed by atoms with van der Waals surface area (Å²) in [6, 6.07) is -0.653. The van der Waals surface area contributed by atoms with Gasteiger partial charge in [-0.1, -0.05) is 276 Å². The van der Waals surface area contributed by atoms with E-state index in [1.54, 1.807) is 6.08 Å². The molecule has 0 saturated heterocycles. The van der Waals surface area contributed by atoms with E-state index in [0.717, 1.165) is 77.0 Å². The average Bonchev–Trinajstić information content (AvgIpc) is 3.32. The van der Waals surface area contributed by atoms with Crippen LogP contribution in [0.2, 0.25) is 0 Å². The molecule has 2 atom stereocenters. The fraction of sp³-hybridized carbons (Fsp3) is 0.900. The summed E-state index contributed by atoms with van der Waals surface area (Å²) in [5.41, 5.74) is 0. The topological polar surface area (TPSA) is 95.9 Å². The van der Waals surface area contributed by atoms with E-state index in [0.29, 0.717) is 19.4 Å². The van der Waals surface area contributed by atoms with E-state index < -0.39 is 12.1 Å². The van der Waals surface area contributed by atoms with Gasteiger partial charge in [-0.05, 0) is 57.8 Å². The molecule has 390 valence electrons. The Morgan fingerprint density at radius 1 is 0.409 bits per heavy atom. The Balaban J connectivity index is 3.52. The monoisotopic (exact) mass is 930 g/mol. The second-order valence-corrected chi connectivity index (χ2v) is 20.3. The van der Waals surface area contributed by atoms with Crippen molar-refractivity contribution in [3.8, 4) is 0 Å². The van der Waals surface area contributed by atoms with Crippen molar-refractivity contribution in [2.45, 2.75) is 334 Å². The minimum Gasteiger partial charge on any atom is -0.466 e. The first-order chi connectivity index (χ1) is 32.5. The number of esters is 1. The van der Waals surface area contributed by atoms with Gasteiger partial charge in [0.25, 0.3) is 0 Å². The van der Waals surface area contributed by atoms with Gasteiger partial charge in [-0.25, -0.2) is 0 Å². The first kappa shape index (κ1) is 64.3. The lowest BCUT2D eigenvalue weighted by Gasteiger charge is -2.20. The second-order valence-electron chi connectivity index (χ2n) is 20.3. The number of aliphatic hydroxyl groups excluding tert-OH is 2. The van der Waals surface area contributed by atoms with Gasteiger partial charge in [0.2, 0.25) is 5.91 Å². The van der Waals surface area contributed by atoms with Crippen molar-refractivity contribution in [1.29, 1.82) is 0 Å². The number of hydrogen-bond donors (Lipinski definition) is 3. The van der Waals surface area contributed by atoms with E-state index >= 15 is 0 Å². The van der Waals surface area contributed by atoms with Crippen LogP contribution in [-0.2, 0) is 14.3 Å². The number of carbonyl (C=O) groups excluding carboxylic acids is 2. The molecule has 0 bridgehead atoms. The number of nitrogens with one attached hydrogen (secondary N) is 1. The number of allylic oxidation sites excluding steroid dienone is 3. The van der Waals surface area contributed by atoms with Crippen LogP contribution in [0.1, 0.15) is 322 Å². The zero-order valence-corrected chi connectivity index (χ0v) is 44.4. The van der Waals surface area contributed by atoms with Crippen molar-refractivity contribution in [2.24, 2.45) is 0 Å². The largest absolute Gasteiger partial charge is 0.466 e. The molecule has 0 heterocycles. The number of unbranched alkanes of at least 4 members (excludes halogenated alkanes) is 42. The Labute approximate surface area is 411 Å². The lowest BCUT2D eigenvalue weighted by atomic mass is 10.0. The van der Waals surface area contributed by atoms with Crippen LogP contribution in [0, 0.1) is 0 Å². The maximum atomic E-state index is 12.5. The molecule has 0 aromatic heterocycles. The van der Waals surface area contributed by atoms with Crippen molar-refractivity contribution in [1.82, 2.24) is 5.32 Å². The zero-order valence-electron chi connectivity index (χ0n) is 44.4. The molecular formula is C60H115NO5. The number of hydrogen-bond acceptors (Lipinski definition) is 5. The molecule has 66 heavy (non-hydrogen) atoms. The lowest BCUT2D eigenvalue weighted by molar-refractivity contribution is -0.143. The third kappa shape index (κ3) is 51.7. The molecule has 2 unspecified atom stereocenters. The quantitative estimate of drug-likeness (QED) is 0.0321. The van der Waals surface area contributed by atoms with Gasteiger partial charge in [0.1, 0.15) is 0 Å². The maximum Gasteiger partial charge on any atom is 0.305 e. The minimum atomic E-state index is -0.867. The summed E-state index contributed by atoms with van der Waals surface area (Å²) in [5, 5.41) is 23.1. The number of rotatable bonds is 55. The highest BCUT2D eigenvalue weighted by Crippen LogP contribution is 2.17. The minimum absolute atomic E-state index is 0.0338. The molecule has 6 heteroatoms. The molecule has 0 aliphatic rings. The molecule has 0 radical (unpaired) electrons. The third-order valence-electron chi connectivity index (χ3n) is 13.7. The summed E-state index contributed by atoms with van der Waals surface area (Å²) in [6.45, 7) is 4.84.